The van der Waals surface area contributed by atoms with Gasteiger partial charge >= 0.3 is 0 Å². The zero-order valence-electron chi connectivity index (χ0n) is 10.5. The number of anilines is 1. The minimum atomic E-state index is 0.542. The molecule has 4 heteroatoms. The lowest BCUT2D eigenvalue weighted by Gasteiger charge is -2.12. The molecule has 0 amide bonds. The number of hydrogen-bond acceptors (Lipinski definition) is 3. The van der Waals surface area contributed by atoms with E-state index in [-0.39, 0.29) is 0 Å². The van der Waals surface area contributed by atoms with E-state index >= 15 is 0 Å². The van der Waals surface area contributed by atoms with Gasteiger partial charge < -0.3 is 10.1 Å². The van der Waals surface area contributed by atoms with Crippen LogP contribution in [-0.2, 0) is 6.54 Å². The second-order valence-electron chi connectivity index (χ2n) is 3.94. The molecular weight excluding hydrogens is 260 g/mol. The Morgan fingerprint density at radius 1 is 1.21 bits per heavy atom. The number of para-hydroxylation sites is 1. The van der Waals surface area contributed by atoms with Crippen molar-refractivity contribution in [3.8, 4) is 11.8 Å². The summed E-state index contributed by atoms with van der Waals surface area (Å²) in [5, 5.41) is 12.8. The average molecular weight is 273 g/mol. The molecule has 96 valence electrons. The molecule has 1 N–H and O–H groups in total. The van der Waals surface area contributed by atoms with Gasteiger partial charge in [-0.1, -0.05) is 35.9 Å². The molecule has 2 aromatic rings. The van der Waals surface area contributed by atoms with Gasteiger partial charge in [-0.2, -0.15) is 5.26 Å². The summed E-state index contributed by atoms with van der Waals surface area (Å²) in [6.07, 6.45) is 0. The van der Waals surface area contributed by atoms with Crippen LogP contribution in [0.25, 0.3) is 0 Å². The Kier molecular flexibility index (Phi) is 4.27. The van der Waals surface area contributed by atoms with Gasteiger partial charge in [0.2, 0.25) is 0 Å². The lowest BCUT2D eigenvalue weighted by Crippen LogP contribution is -2.03. The van der Waals surface area contributed by atoms with Gasteiger partial charge in [-0.05, 0) is 23.8 Å². The van der Waals surface area contributed by atoms with E-state index in [1.165, 1.54) is 0 Å². The molecule has 3 nitrogen and oxygen atoms in total. The third-order valence-electron chi connectivity index (χ3n) is 2.78. The molecule has 0 radical (unpaired) electrons. The zero-order valence-corrected chi connectivity index (χ0v) is 11.2. The topological polar surface area (TPSA) is 45.0 Å². The van der Waals surface area contributed by atoms with E-state index in [9.17, 15) is 0 Å². The molecule has 0 atom stereocenters. The second-order valence-corrected chi connectivity index (χ2v) is 4.35. The van der Waals surface area contributed by atoms with Crippen molar-refractivity contribution in [1.82, 2.24) is 0 Å². The third kappa shape index (κ3) is 2.98. The molecule has 0 aliphatic carbocycles. The van der Waals surface area contributed by atoms with E-state index in [1.54, 1.807) is 19.2 Å². The summed E-state index contributed by atoms with van der Waals surface area (Å²) < 4.78 is 5.26. The van der Waals surface area contributed by atoms with E-state index in [1.807, 2.05) is 30.3 Å². The van der Waals surface area contributed by atoms with Crippen LogP contribution >= 0.6 is 11.6 Å². The highest BCUT2D eigenvalue weighted by Crippen LogP contribution is 2.32. The van der Waals surface area contributed by atoms with Crippen molar-refractivity contribution < 1.29 is 4.74 Å². The fourth-order valence-corrected chi connectivity index (χ4v) is 2.08. The largest absolute Gasteiger partial charge is 0.493 e. The van der Waals surface area contributed by atoms with Crippen LogP contribution in [0.15, 0.2) is 42.5 Å². The maximum Gasteiger partial charge on any atom is 0.160 e. The van der Waals surface area contributed by atoms with Gasteiger partial charge in [0, 0.05) is 6.54 Å². The number of benzene rings is 2. The number of hydrogen-bond donors (Lipinski definition) is 1. The summed E-state index contributed by atoms with van der Waals surface area (Å²) in [7, 11) is 1.58. The Morgan fingerprint density at radius 3 is 2.74 bits per heavy atom. The highest BCUT2D eigenvalue weighted by atomic mass is 35.5. The predicted molar refractivity (Wildman–Crippen MR) is 76.5 cm³/mol. The van der Waals surface area contributed by atoms with Crippen molar-refractivity contribution in [1.29, 1.82) is 5.26 Å². The van der Waals surface area contributed by atoms with Crippen LogP contribution in [0.4, 0.5) is 5.69 Å². The van der Waals surface area contributed by atoms with Gasteiger partial charge in [-0.15, -0.1) is 0 Å². The van der Waals surface area contributed by atoms with Crippen LogP contribution in [-0.4, -0.2) is 7.11 Å². The Bertz CT molecular complexity index is 620. The van der Waals surface area contributed by atoms with Crippen LogP contribution in [0.5, 0.6) is 5.75 Å². The van der Waals surface area contributed by atoms with Crippen LogP contribution in [0.3, 0.4) is 0 Å². The lowest BCUT2D eigenvalue weighted by molar-refractivity contribution is 0.416. The molecule has 0 bridgehead atoms. The molecule has 0 saturated heterocycles. The Balaban J connectivity index is 2.20. The summed E-state index contributed by atoms with van der Waals surface area (Å²) in [5.41, 5.74) is 2.41. The fraction of sp³-hybridized carbons (Fsp3) is 0.133. The average Bonchev–Trinajstić information content (AvgIpc) is 2.45. The molecule has 2 aromatic carbocycles. The minimum absolute atomic E-state index is 0.542. The number of nitriles is 1. The van der Waals surface area contributed by atoms with Crippen LogP contribution < -0.4 is 10.1 Å². The molecule has 0 heterocycles. The molecule has 0 saturated carbocycles. The van der Waals surface area contributed by atoms with Gasteiger partial charge in [-0.3, -0.25) is 0 Å². The summed E-state index contributed by atoms with van der Waals surface area (Å²) in [4.78, 5) is 0. The van der Waals surface area contributed by atoms with Crippen molar-refractivity contribution in [3.05, 3.63) is 58.6 Å². The molecular formula is C15H13ClN2O. The standard InChI is InChI=1S/C15H13ClN2O/c1-19-15-13(16)7-4-8-14(15)18-10-12-6-3-2-5-11(12)9-17/h2-8,18H,10H2,1H3. The first kappa shape index (κ1) is 13.3. The molecule has 0 aliphatic heterocycles. The first-order valence-electron chi connectivity index (χ1n) is 5.80. The van der Waals surface area contributed by atoms with E-state index in [4.69, 9.17) is 21.6 Å². The van der Waals surface area contributed by atoms with Gasteiger partial charge in [0.25, 0.3) is 0 Å². The Hall–Kier alpha value is -2.18. The van der Waals surface area contributed by atoms with Gasteiger partial charge in [0.1, 0.15) is 0 Å². The lowest BCUT2D eigenvalue weighted by atomic mass is 10.1. The number of halogens is 1. The summed E-state index contributed by atoms with van der Waals surface area (Å²) in [6.45, 7) is 0.542. The number of ether oxygens (including phenoxy) is 1. The van der Waals surface area contributed by atoms with Crippen molar-refractivity contribution in [2.45, 2.75) is 6.54 Å². The quantitative estimate of drug-likeness (QED) is 0.920. The summed E-state index contributed by atoms with van der Waals surface area (Å²) >= 11 is 6.05. The highest BCUT2D eigenvalue weighted by molar-refractivity contribution is 6.32. The van der Waals surface area contributed by atoms with Crippen LogP contribution in [0, 0.1) is 11.3 Å². The second kappa shape index (κ2) is 6.12. The van der Waals surface area contributed by atoms with Gasteiger partial charge in [0.05, 0.1) is 29.5 Å². The van der Waals surface area contributed by atoms with Crippen molar-refractivity contribution >= 4 is 17.3 Å². The van der Waals surface area contributed by atoms with Crippen molar-refractivity contribution in [3.63, 3.8) is 0 Å². The maximum atomic E-state index is 9.04. The van der Waals surface area contributed by atoms with E-state index in [0.29, 0.717) is 22.9 Å². The SMILES string of the molecule is COc1c(Cl)cccc1NCc1ccccc1C#N. The van der Waals surface area contributed by atoms with E-state index in [2.05, 4.69) is 11.4 Å². The normalized spacial score (nSPS) is 9.74. The third-order valence-corrected chi connectivity index (χ3v) is 3.08. The maximum absolute atomic E-state index is 9.04. The van der Waals surface area contributed by atoms with Crippen LogP contribution in [0.2, 0.25) is 5.02 Å². The van der Waals surface area contributed by atoms with E-state index < -0.39 is 0 Å². The van der Waals surface area contributed by atoms with Crippen molar-refractivity contribution in [2.24, 2.45) is 0 Å². The molecule has 0 unspecified atom stereocenters. The first-order valence-corrected chi connectivity index (χ1v) is 6.18. The molecule has 0 fully saturated rings. The zero-order chi connectivity index (χ0) is 13.7. The summed E-state index contributed by atoms with van der Waals surface area (Å²) in [6, 6.07) is 15.2. The number of nitrogens with one attached hydrogen (secondary N) is 1. The van der Waals surface area contributed by atoms with Crippen LogP contribution in [0.1, 0.15) is 11.1 Å². The van der Waals surface area contributed by atoms with Gasteiger partial charge in [0.15, 0.2) is 5.75 Å². The monoisotopic (exact) mass is 272 g/mol. The van der Waals surface area contributed by atoms with Crippen molar-refractivity contribution in [2.75, 3.05) is 12.4 Å². The predicted octanol–water partition coefficient (Wildman–Crippen LogP) is 3.83. The number of nitrogens with zero attached hydrogens (tertiary/aromatic N) is 1. The molecule has 19 heavy (non-hydrogen) atoms. The molecule has 0 aromatic heterocycles. The fourth-order valence-electron chi connectivity index (χ4n) is 1.83. The first-order chi connectivity index (χ1) is 9.26. The summed E-state index contributed by atoms with van der Waals surface area (Å²) in [5.74, 6) is 0.610. The molecule has 2 rings (SSSR count). The number of methoxy groups -OCH3 is 1. The molecule has 0 spiro atoms. The Labute approximate surface area is 117 Å². The Morgan fingerprint density at radius 2 is 2.00 bits per heavy atom. The van der Waals surface area contributed by atoms with E-state index in [0.717, 1.165) is 11.3 Å². The van der Waals surface area contributed by atoms with Gasteiger partial charge in [-0.25, -0.2) is 0 Å². The highest BCUT2D eigenvalue weighted by Gasteiger charge is 2.07. The minimum Gasteiger partial charge on any atom is -0.493 e. The molecule has 0 aliphatic rings. The smallest absolute Gasteiger partial charge is 0.160 e. The number of rotatable bonds is 4.